The lowest BCUT2D eigenvalue weighted by Crippen LogP contribution is -2.34. The molecule has 0 aliphatic rings. The van der Waals surface area contributed by atoms with E-state index in [9.17, 15) is 0 Å². The van der Waals surface area contributed by atoms with Crippen LogP contribution in [0.2, 0.25) is 0 Å². The molecular formula is C6H15ClNOP. The molecule has 2 nitrogen and oxygen atoms in total. The highest BCUT2D eigenvalue weighted by molar-refractivity contribution is 7.64. The van der Waals surface area contributed by atoms with Crippen LogP contribution in [0.3, 0.4) is 0 Å². The lowest BCUT2D eigenvalue weighted by atomic mass is 10.3. The average Bonchev–Trinajstić information content (AvgIpc) is 1.81. The van der Waals surface area contributed by atoms with Gasteiger partial charge < -0.3 is 0 Å². The fourth-order valence-electron chi connectivity index (χ4n) is 0.847. The quantitative estimate of drug-likeness (QED) is 0.491. The number of hydrogen-bond acceptors (Lipinski definition) is 2. The van der Waals surface area contributed by atoms with Gasteiger partial charge >= 0.3 is 0 Å². The zero-order valence-electron chi connectivity index (χ0n) is 6.89. The Hall–Kier alpha value is 0.640. The van der Waals surface area contributed by atoms with E-state index in [1.54, 1.807) is 0 Å². The molecule has 0 bridgehead atoms. The van der Waals surface area contributed by atoms with E-state index < -0.39 is 0 Å². The molecule has 1 atom stereocenters. The van der Waals surface area contributed by atoms with Crippen molar-refractivity contribution in [2.24, 2.45) is 0 Å². The third-order valence-corrected chi connectivity index (χ3v) is 1.64. The van der Waals surface area contributed by atoms with Crippen molar-refractivity contribution in [2.45, 2.75) is 39.8 Å². The molecule has 0 rings (SSSR count). The zero-order valence-corrected chi connectivity index (χ0v) is 8.64. The molecule has 0 aliphatic heterocycles. The highest BCUT2D eigenvalue weighted by atomic mass is 35.7. The van der Waals surface area contributed by atoms with Gasteiger partial charge in [0, 0.05) is 12.1 Å². The first-order valence-electron chi connectivity index (χ1n) is 3.40. The lowest BCUT2D eigenvalue weighted by Gasteiger charge is -2.27. The molecule has 62 valence electrons. The molecule has 0 radical (unpaired) electrons. The smallest absolute Gasteiger partial charge is 0.135 e. The highest BCUT2D eigenvalue weighted by Gasteiger charge is 2.12. The van der Waals surface area contributed by atoms with Gasteiger partial charge in [-0.05, 0) is 27.7 Å². The van der Waals surface area contributed by atoms with Gasteiger partial charge in [-0.25, -0.2) is 0 Å². The van der Waals surface area contributed by atoms with Crippen LogP contribution in [0.4, 0.5) is 0 Å². The summed E-state index contributed by atoms with van der Waals surface area (Å²) in [5, 5.41) is 1.89. The second-order valence-electron chi connectivity index (χ2n) is 2.72. The van der Waals surface area contributed by atoms with Crippen LogP contribution in [-0.4, -0.2) is 17.1 Å². The SMILES string of the molecule is CC(C)N(OPCl)C(C)C. The molecule has 0 aromatic heterocycles. The van der Waals surface area contributed by atoms with E-state index in [-0.39, 0.29) is 8.16 Å². The Morgan fingerprint density at radius 3 is 1.70 bits per heavy atom. The van der Waals surface area contributed by atoms with Gasteiger partial charge in [-0.2, -0.15) is 5.06 Å². The van der Waals surface area contributed by atoms with Gasteiger partial charge in [-0.15, -0.1) is 0 Å². The Kier molecular flexibility index (Phi) is 5.65. The normalized spacial score (nSPS) is 13.2. The summed E-state index contributed by atoms with van der Waals surface area (Å²) in [6, 6.07) is 0.789. The summed E-state index contributed by atoms with van der Waals surface area (Å²) in [6.45, 7) is 8.32. The van der Waals surface area contributed by atoms with Gasteiger partial charge in [-0.3, -0.25) is 4.62 Å². The van der Waals surface area contributed by atoms with Crippen LogP contribution in [0, 0.1) is 0 Å². The average molecular weight is 184 g/mol. The maximum absolute atomic E-state index is 5.45. The van der Waals surface area contributed by atoms with Crippen molar-refractivity contribution in [1.29, 1.82) is 0 Å². The number of nitrogens with zero attached hydrogens (tertiary/aromatic N) is 1. The van der Waals surface area contributed by atoms with Crippen LogP contribution < -0.4 is 0 Å². The second kappa shape index (κ2) is 5.31. The number of hydroxylamine groups is 2. The van der Waals surface area contributed by atoms with E-state index in [4.69, 9.17) is 15.9 Å². The monoisotopic (exact) mass is 183 g/mol. The van der Waals surface area contributed by atoms with E-state index in [0.29, 0.717) is 12.1 Å². The van der Waals surface area contributed by atoms with Crippen LogP contribution in [0.1, 0.15) is 27.7 Å². The van der Waals surface area contributed by atoms with Gasteiger partial charge in [0.1, 0.15) is 8.16 Å². The van der Waals surface area contributed by atoms with Crippen molar-refractivity contribution < 1.29 is 4.62 Å². The lowest BCUT2D eigenvalue weighted by molar-refractivity contribution is -0.0964. The molecule has 4 heteroatoms. The van der Waals surface area contributed by atoms with Crippen LogP contribution in [0.25, 0.3) is 0 Å². The summed E-state index contributed by atoms with van der Waals surface area (Å²) in [5.74, 6) is 0. The maximum atomic E-state index is 5.45. The summed E-state index contributed by atoms with van der Waals surface area (Å²) < 4.78 is 5.19. The van der Waals surface area contributed by atoms with Crippen LogP contribution in [0.15, 0.2) is 0 Å². The summed E-state index contributed by atoms with van der Waals surface area (Å²) in [6.07, 6.45) is 0. The summed E-state index contributed by atoms with van der Waals surface area (Å²) in [7, 11) is 0.0218. The fraction of sp³-hybridized carbons (Fsp3) is 1.00. The van der Waals surface area contributed by atoms with Crippen LogP contribution in [0.5, 0.6) is 0 Å². The van der Waals surface area contributed by atoms with Crippen molar-refractivity contribution in [3.05, 3.63) is 0 Å². The number of halogens is 1. The third kappa shape index (κ3) is 3.72. The van der Waals surface area contributed by atoms with Crippen molar-refractivity contribution >= 4 is 19.4 Å². The Balaban J connectivity index is 3.73. The minimum Gasteiger partial charge on any atom is -0.263 e. The molecule has 0 aromatic carbocycles. The van der Waals surface area contributed by atoms with E-state index in [1.165, 1.54) is 0 Å². The first-order valence-corrected chi connectivity index (χ1v) is 5.32. The highest BCUT2D eigenvalue weighted by Crippen LogP contribution is 2.22. The topological polar surface area (TPSA) is 12.5 Å². The Bertz CT molecular complexity index is 81.8. The standard InChI is InChI=1S/C6H15ClNOP/c1-5(2)8(6(3)4)9-10-7/h5-6,10H,1-4H3. The molecule has 0 heterocycles. The van der Waals surface area contributed by atoms with Crippen LogP contribution in [-0.2, 0) is 4.62 Å². The molecule has 0 amide bonds. The largest absolute Gasteiger partial charge is 0.263 e. The zero-order chi connectivity index (χ0) is 8.15. The molecule has 0 aromatic rings. The molecule has 0 N–H and O–H groups in total. The van der Waals surface area contributed by atoms with Gasteiger partial charge in [-0.1, -0.05) is 11.2 Å². The van der Waals surface area contributed by atoms with Crippen molar-refractivity contribution in [3.8, 4) is 0 Å². The van der Waals surface area contributed by atoms with Gasteiger partial charge in [0.2, 0.25) is 0 Å². The first kappa shape index (κ1) is 10.6. The first-order chi connectivity index (χ1) is 4.59. The summed E-state index contributed by atoms with van der Waals surface area (Å²) in [4.78, 5) is 0. The minimum absolute atomic E-state index is 0.0218. The van der Waals surface area contributed by atoms with Gasteiger partial charge in [0.15, 0.2) is 0 Å². The molecule has 0 saturated heterocycles. The predicted molar refractivity (Wildman–Crippen MR) is 47.4 cm³/mol. The van der Waals surface area contributed by atoms with Crippen LogP contribution >= 0.6 is 19.4 Å². The fourth-order valence-corrected chi connectivity index (χ4v) is 1.59. The predicted octanol–water partition coefficient (Wildman–Crippen LogP) is 2.78. The summed E-state index contributed by atoms with van der Waals surface area (Å²) in [5.41, 5.74) is 0. The molecule has 10 heavy (non-hydrogen) atoms. The molecular weight excluding hydrogens is 168 g/mol. The van der Waals surface area contributed by atoms with Gasteiger partial charge in [0.05, 0.1) is 0 Å². The molecule has 1 unspecified atom stereocenters. The molecule has 0 fully saturated rings. The van der Waals surface area contributed by atoms with Crippen molar-refractivity contribution in [3.63, 3.8) is 0 Å². The Labute approximate surface area is 69.5 Å². The van der Waals surface area contributed by atoms with E-state index >= 15 is 0 Å². The number of hydrogen-bond donors (Lipinski definition) is 0. The van der Waals surface area contributed by atoms with E-state index in [0.717, 1.165) is 0 Å². The summed E-state index contributed by atoms with van der Waals surface area (Å²) >= 11 is 5.45. The molecule has 0 aliphatic carbocycles. The minimum atomic E-state index is 0.0218. The second-order valence-corrected chi connectivity index (χ2v) is 3.52. The van der Waals surface area contributed by atoms with E-state index in [2.05, 4.69) is 27.7 Å². The van der Waals surface area contributed by atoms with Gasteiger partial charge in [0.25, 0.3) is 0 Å². The van der Waals surface area contributed by atoms with Crippen molar-refractivity contribution in [1.82, 2.24) is 5.06 Å². The Morgan fingerprint density at radius 1 is 1.20 bits per heavy atom. The van der Waals surface area contributed by atoms with E-state index in [1.807, 2.05) is 5.06 Å². The third-order valence-electron chi connectivity index (χ3n) is 1.16. The van der Waals surface area contributed by atoms with Crippen molar-refractivity contribution in [2.75, 3.05) is 0 Å². The number of rotatable bonds is 4. The maximum Gasteiger partial charge on any atom is 0.135 e. The molecule has 0 saturated carbocycles. The molecule has 0 spiro atoms. The Morgan fingerprint density at radius 2 is 1.60 bits per heavy atom.